The molecule has 2 heteroatoms. The minimum absolute atomic E-state index is 0.917. The molecule has 0 saturated heterocycles. The first kappa shape index (κ1) is 12.4. The van der Waals surface area contributed by atoms with E-state index < -0.39 is 0 Å². The molecule has 1 aromatic rings. The average molecular weight is 321 g/mol. The van der Waals surface area contributed by atoms with Crippen molar-refractivity contribution in [1.82, 2.24) is 0 Å². The number of hydrogen-bond acceptors (Lipinski definition) is 0. The van der Waals surface area contributed by atoms with Crippen LogP contribution in [-0.4, -0.2) is 6.04 Å². The van der Waals surface area contributed by atoms with Gasteiger partial charge < -0.3 is 5.32 Å². The normalized spacial score (nSPS) is 39.7. The third-order valence-electron chi connectivity index (χ3n) is 5.87. The van der Waals surface area contributed by atoms with Gasteiger partial charge in [0.05, 0.1) is 6.04 Å². The number of quaternary nitrogens is 1. The fourth-order valence-corrected chi connectivity index (χ4v) is 5.73. The van der Waals surface area contributed by atoms with Crippen LogP contribution < -0.4 is 5.32 Å². The minimum atomic E-state index is 0.917. The van der Waals surface area contributed by atoms with Crippen LogP contribution in [0.2, 0.25) is 0 Å². The molecule has 1 nitrogen and oxygen atoms in total. The molecule has 0 unspecified atom stereocenters. The van der Waals surface area contributed by atoms with Gasteiger partial charge in [0.2, 0.25) is 0 Å². The van der Waals surface area contributed by atoms with Crippen LogP contribution in [-0.2, 0) is 6.54 Å². The Balaban J connectivity index is 1.45. The van der Waals surface area contributed by atoms with E-state index >= 15 is 0 Å². The van der Waals surface area contributed by atoms with Gasteiger partial charge in [-0.3, -0.25) is 0 Å². The van der Waals surface area contributed by atoms with Crippen molar-refractivity contribution < 1.29 is 5.32 Å². The summed E-state index contributed by atoms with van der Waals surface area (Å²) in [5.74, 6) is 4.24. The van der Waals surface area contributed by atoms with Gasteiger partial charge in [-0.15, -0.1) is 0 Å². The zero-order chi connectivity index (χ0) is 12.8. The molecule has 102 valence electrons. The van der Waals surface area contributed by atoms with Crippen LogP contribution >= 0.6 is 15.9 Å². The highest BCUT2D eigenvalue weighted by atomic mass is 79.9. The highest BCUT2D eigenvalue weighted by Crippen LogP contribution is 2.52. The Morgan fingerprint density at radius 3 is 2.21 bits per heavy atom. The number of halogens is 1. The number of hydrogen-bond donors (Lipinski definition) is 1. The Morgan fingerprint density at radius 2 is 1.58 bits per heavy atom. The zero-order valence-corrected chi connectivity index (χ0v) is 13.0. The summed E-state index contributed by atoms with van der Waals surface area (Å²) in [4.78, 5) is 0. The van der Waals surface area contributed by atoms with E-state index in [2.05, 4.69) is 45.5 Å². The van der Waals surface area contributed by atoms with E-state index in [1.807, 2.05) is 0 Å². The first-order valence-corrected chi connectivity index (χ1v) is 8.65. The lowest BCUT2D eigenvalue weighted by molar-refractivity contribution is -0.723. The van der Waals surface area contributed by atoms with Crippen molar-refractivity contribution in [3.63, 3.8) is 0 Å². The van der Waals surface area contributed by atoms with Crippen molar-refractivity contribution in [2.45, 2.75) is 44.7 Å². The second-order valence-electron chi connectivity index (χ2n) is 7.04. The molecule has 4 saturated carbocycles. The van der Waals surface area contributed by atoms with E-state index in [0.717, 1.165) is 36.3 Å². The molecule has 0 radical (unpaired) electrons. The lowest BCUT2D eigenvalue weighted by Crippen LogP contribution is -2.93. The molecule has 4 fully saturated rings. The van der Waals surface area contributed by atoms with Crippen LogP contribution in [0.15, 0.2) is 28.7 Å². The maximum absolute atomic E-state index is 3.68. The molecule has 0 spiro atoms. The van der Waals surface area contributed by atoms with Crippen molar-refractivity contribution in [3.05, 3.63) is 34.3 Å². The summed E-state index contributed by atoms with van der Waals surface area (Å²) in [5.41, 5.74) is 1.45. The predicted octanol–water partition coefficient (Wildman–Crippen LogP) is 3.34. The van der Waals surface area contributed by atoms with E-state index in [9.17, 15) is 0 Å². The van der Waals surface area contributed by atoms with Crippen molar-refractivity contribution in [3.8, 4) is 0 Å². The fraction of sp³-hybridized carbons (Fsp3) is 0.647. The predicted molar refractivity (Wildman–Crippen MR) is 80.6 cm³/mol. The van der Waals surface area contributed by atoms with E-state index in [1.54, 1.807) is 6.42 Å². The van der Waals surface area contributed by atoms with Gasteiger partial charge in [-0.1, -0.05) is 34.1 Å². The molecule has 0 aliphatic heterocycles. The summed E-state index contributed by atoms with van der Waals surface area (Å²) >= 11 is 3.68. The van der Waals surface area contributed by atoms with E-state index in [-0.39, 0.29) is 0 Å². The average Bonchev–Trinajstić information content (AvgIpc) is 2.39. The van der Waals surface area contributed by atoms with Gasteiger partial charge in [-0.25, -0.2) is 0 Å². The van der Waals surface area contributed by atoms with Crippen LogP contribution in [0.3, 0.4) is 0 Å². The van der Waals surface area contributed by atoms with Gasteiger partial charge in [0.1, 0.15) is 6.54 Å². The standard InChI is InChI=1S/C17H22BrN/c18-16-4-2-1-3-13(16)10-19-17-14-6-11-5-12(8-14)9-15(17)7-11/h1-4,11-12,14-15,17,19H,5-10H2/p+1. The summed E-state index contributed by atoms with van der Waals surface area (Å²) in [6.07, 6.45) is 7.69. The summed E-state index contributed by atoms with van der Waals surface area (Å²) in [7, 11) is 0. The van der Waals surface area contributed by atoms with Gasteiger partial charge in [0.25, 0.3) is 0 Å². The molecule has 5 rings (SSSR count). The van der Waals surface area contributed by atoms with Crippen LogP contribution in [0.5, 0.6) is 0 Å². The lowest BCUT2D eigenvalue weighted by atomic mass is 9.54. The topological polar surface area (TPSA) is 16.6 Å². The smallest absolute Gasteiger partial charge is 0.103 e. The molecule has 2 N–H and O–H groups in total. The molecule has 4 aliphatic rings. The van der Waals surface area contributed by atoms with Crippen molar-refractivity contribution >= 4 is 15.9 Å². The molecule has 1 aromatic carbocycles. The van der Waals surface area contributed by atoms with Gasteiger partial charge >= 0.3 is 0 Å². The van der Waals surface area contributed by atoms with Gasteiger partial charge in [-0.05, 0) is 50.0 Å². The fourth-order valence-electron chi connectivity index (χ4n) is 5.28. The monoisotopic (exact) mass is 320 g/mol. The lowest BCUT2D eigenvalue weighted by Gasteiger charge is -2.52. The summed E-state index contributed by atoms with van der Waals surface area (Å²) in [5, 5.41) is 2.66. The Labute approximate surface area is 124 Å². The largest absolute Gasteiger partial charge is 0.340 e. The quantitative estimate of drug-likeness (QED) is 0.879. The van der Waals surface area contributed by atoms with Crippen LogP contribution in [0, 0.1) is 23.7 Å². The highest BCUT2D eigenvalue weighted by molar-refractivity contribution is 9.10. The van der Waals surface area contributed by atoms with Gasteiger partial charge in [-0.2, -0.15) is 0 Å². The zero-order valence-electron chi connectivity index (χ0n) is 11.4. The summed E-state index contributed by atoms with van der Waals surface area (Å²) < 4.78 is 1.27. The van der Waals surface area contributed by atoms with Gasteiger partial charge in [0, 0.05) is 21.9 Å². The summed E-state index contributed by atoms with van der Waals surface area (Å²) in [6.45, 7) is 1.15. The molecule has 0 heterocycles. The number of nitrogens with two attached hydrogens (primary N) is 1. The summed E-state index contributed by atoms with van der Waals surface area (Å²) in [6, 6.07) is 9.61. The Hall–Kier alpha value is -0.340. The molecular formula is C17H23BrN+. The van der Waals surface area contributed by atoms with Crippen molar-refractivity contribution in [1.29, 1.82) is 0 Å². The maximum Gasteiger partial charge on any atom is 0.103 e. The second kappa shape index (κ2) is 4.89. The van der Waals surface area contributed by atoms with Crippen LogP contribution in [0.25, 0.3) is 0 Å². The third kappa shape index (κ3) is 2.27. The van der Waals surface area contributed by atoms with Gasteiger partial charge in [0.15, 0.2) is 0 Å². The molecule has 0 amide bonds. The van der Waals surface area contributed by atoms with E-state index in [0.29, 0.717) is 0 Å². The number of benzene rings is 1. The molecular weight excluding hydrogens is 298 g/mol. The molecule has 4 aliphatic carbocycles. The molecule has 0 aromatic heterocycles. The van der Waals surface area contributed by atoms with E-state index in [4.69, 9.17) is 0 Å². The Bertz CT molecular complexity index is 442. The highest BCUT2D eigenvalue weighted by Gasteiger charge is 2.50. The third-order valence-corrected chi connectivity index (χ3v) is 6.64. The molecule has 4 bridgehead atoms. The first-order chi connectivity index (χ1) is 9.29. The SMILES string of the molecule is Brc1ccccc1C[NH2+]C1C2CC3CC(C2)CC1C3. The van der Waals surface area contributed by atoms with Crippen LogP contribution in [0.4, 0.5) is 0 Å². The maximum atomic E-state index is 3.68. The van der Waals surface area contributed by atoms with E-state index in [1.165, 1.54) is 35.7 Å². The van der Waals surface area contributed by atoms with Crippen molar-refractivity contribution in [2.75, 3.05) is 0 Å². The minimum Gasteiger partial charge on any atom is -0.340 e. The first-order valence-electron chi connectivity index (χ1n) is 7.86. The van der Waals surface area contributed by atoms with Crippen molar-refractivity contribution in [2.24, 2.45) is 23.7 Å². The Kier molecular flexibility index (Phi) is 3.19. The molecule has 19 heavy (non-hydrogen) atoms. The second-order valence-corrected chi connectivity index (χ2v) is 7.89. The Morgan fingerprint density at radius 1 is 0.947 bits per heavy atom. The number of rotatable bonds is 3. The van der Waals surface area contributed by atoms with Crippen LogP contribution in [0.1, 0.15) is 37.7 Å². The molecule has 0 atom stereocenters.